The van der Waals surface area contributed by atoms with E-state index in [4.69, 9.17) is 9.73 Å². The maximum Gasteiger partial charge on any atom is 0.242 e. The van der Waals surface area contributed by atoms with E-state index in [1.165, 1.54) is 0 Å². The number of methoxy groups -OCH3 is 1. The molecule has 0 spiro atoms. The summed E-state index contributed by atoms with van der Waals surface area (Å²) < 4.78 is 5.18. The number of aromatic hydroxyl groups is 1. The molecule has 2 aliphatic rings. The fourth-order valence-electron chi connectivity index (χ4n) is 3.30. The van der Waals surface area contributed by atoms with E-state index >= 15 is 0 Å². The number of hydrogen-bond donors (Lipinski definition) is 1. The average Bonchev–Trinajstić information content (AvgIpc) is 2.73. The van der Waals surface area contributed by atoms with E-state index in [2.05, 4.69) is 0 Å². The number of rotatable bonds is 4. The Balaban J connectivity index is 1.74. The molecule has 2 aromatic rings. The summed E-state index contributed by atoms with van der Waals surface area (Å²) in [6, 6.07) is 14.3. The predicted octanol–water partition coefficient (Wildman–Crippen LogP) is 4.32. The Hall–Kier alpha value is -3.60. The summed E-state index contributed by atoms with van der Waals surface area (Å²) in [6.07, 6.45) is 10.1. The van der Waals surface area contributed by atoms with Gasteiger partial charge in [-0.3, -0.25) is 9.69 Å². The van der Waals surface area contributed by atoms with Crippen LogP contribution in [0.2, 0.25) is 0 Å². The molecule has 1 aliphatic carbocycles. The number of nitrogens with zero attached hydrogens (tertiary/aromatic N) is 2. The largest absolute Gasteiger partial charge is 0.508 e. The van der Waals surface area contributed by atoms with Crippen LogP contribution in [-0.2, 0) is 4.79 Å². The summed E-state index contributed by atoms with van der Waals surface area (Å²) in [6.45, 7) is 0. The summed E-state index contributed by atoms with van der Waals surface area (Å²) in [7, 11) is 1.63. The molecule has 0 bridgehead atoms. The van der Waals surface area contributed by atoms with Crippen molar-refractivity contribution in [2.45, 2.75) is 6.42 Å². The maximum absolute atomic E-state index is 13.2. The second-order valence-electron chi connectivity index (χ2n) is 6.58. The molecular weight excluding hydrogens is 352 g/mol. The van der Waals surface area contributed by atoms with Crippen molar-refractivity contribution in [2.24, 2.45) is 10.9 Å². The van der Waals surface area contributed by atoms with Crippen LogP contribution < -0.4 is 9.64 Å². The molecule has 0 fully saturated rings. The average molecular weight is 372 g/mol. The molecule has 140 valence electrons. The zero-order chi connectivity index (χ0) is 19.5. The number of allylic oxidation sites excluding steroid dienone is 3. The van der Waals surface area contributed by atoms with Gasteiger partial charge >= 0.3 is 0 Å². The minimum Gasteiger partial charge on any atom is -0.508 e. The maximum atomic E-state index is 13.2. The quantitative estimate of drug-likeness (QED) is 0.869. The van der Waals surface area contributed by atoms with Gasteiger partial charge in [0.1, 0.15) is 17.3 Å². The fourth-order valence-corrected chi connectivity index (χ4v) is 3.30. The normalized spacial score (nSPS) is 18.7. The molecule has 0 aromatic heterocycles. The van der Waals surface area contributed by atoms with Crippen molar-refractivity contribution >= 4 is 23.5 Å². The molecule has 2 aromatic carbocycles. The lowest BCUT2D eigenvalue weighted by Crippen LogP contribution is -2.44. The molecule has 0 saturated heterocycles. The first kappa shape index (κ1) is 17.8. The minimum absolute atomic E-state index is 0.0504. The lowest BCUT2D eigenvalue weighted by molar-refractivity contribution is -0.120. The van der Waals surface area contributed by atoms with Crippen LogP contribution >= 0.6 is 0 Å². The number of phenols is 1. The van der Waals surface area contributed by atoms with E-state index in [0.29, 0.717) is 17.9 Å². The summed E-state index contributed by atoms with van der Waals surface area (Å²) in [5.41, 5.74) is 2.32. The monoisotopic (exact) mass is 372 g/mol. The lowest BCUT2D eigenvalue weighted by atomic mass is 9.93. The molecule has 0 radical (unpaired) electrons. The van der Waals surface area contributed by atoms with Gasteiger partial charge in [0.2, 0.25) is 5.91 Å². The van der Waals surface area contributed by atoms with Crippen LogP contribution in [-0.4, -0.2) is 24.0 Å². The highest BCUT2D eigenvalue weighted by Crippen LogP contribution is 2.33. The summed E-state index contributed by atoms with van der Waals surface area (Å²) in [5, 5.41) is 9.88. The van der Waals surface area contributed by atoms with Crippen molar-refractivity contribution in [1.82, 2.24) is 0 Å². The Morgan fingerprint density at radius 3 is 2.75 bits per heavy atom. The van der Waals surface area contributed by atoms with Crippen molar-refractivity contribution in [2.75, 3.05) is 12.0 Å². The number of fused-ring (bicyclic) bond motifs is 1. The van der Waals surface area contributed by atoms with Crippen molar-refractivity contribution in [1.29, 1.82) is 0 Å². The molecule has 1 unspecified atom stereocenters. The first-order valence-electron chi connectivity index (χ1n) is 9.06. The number of carbonyl (C=O) groups excluding carboxylic acids is 1. The Bertz CT molecular complexity index is 1020. The number of amides is 1. The summed E-state index contributed by atoms with van der Waals surface area (Å²) in [4.78, 5) is 19.5. The molecule has 5 heteroatoms. The van der Waals surface area contributed by atoms with Crippen LogP contribution in [0, 0.1) is 5.92 Å². The van der Waals surface area contributed by atoms with Gasteiger partial charge in [-0.05, 0) is 48.4 Å². The number of ether oxygens (including phenoxy) is 1. The van der Waals surface area contributed by atoms with E-state index in [1.807, 2.05) is 54.6 Å². The number of aliphatic imine (C=N–C) groups is 1. The van der Waals surface area contributed by atoms with Gasteiger partial charge in [0.05, 0.1) is 24.4 Å². The smallest absolute Gasteiger partial charge is 0.242 e. The molecule has 1 heterocycles. The van der Waals surface area contributed by atoms with Crippen LogP contribution in [0.4, 0.5) is 5.69 Å². The van der Waals surface area contributed by atoms with E-state index in [0.717, 1.165) is 17.0 Å². The van der Waals surface area contributed by atoms with Crippen molar-refractivity contribution < 1.29 is 14.6 Å². The Labute approximate surface area is 163 Å². The highest BCUT2D eigenvalue weighted by molar-refractivity contribution is 6.25. The third-order valence-electron chi connectivity index (χ3n) is 4.75. The second kappa shape index (κ2) is 7.56. The number of amidine groups is 1. The van der Waals surface area contributed by atoms with E-state index in [9.17, 15) is 9.90 Å². The number of benzene rings is 2. The van der Waals surface area contributed by atoms with Crippen LogP contribution in [0.1, 0.15) is 12.0 Å². The topological polar surface area (TPSA) is 62.1 Å². The highest BCUT2D eigenvalue weighted by atomic mass is 16.5. The third kappa shape index (κ3) is 3.47. The van der Waals surface area contributed by atoms with Gasteiger partial charge in [-0.1, -0.05) is 36.4 Å². The molecule has 0 saturated carbocycles. The summed E-state index contributed by atoms with van der Waals surface area (Å²) >= 11 is 0. The lowest BCUT2D eigenvalue weighted by Gasteiger charge is -2.32. The van der Waals surface area contributed by atoms with Crippen LogP contribution in [0.25, 0.3) is 6.08 Å². The first-order chi connectivity index (χ1) is 13.7. The standard InChI is InChI=1S/C23H20N2O3/c1-28-19-12-9-16(10-13-19)11-14-22-24-21-8-3-2-7-20(21)23(27)25(22)17-5-4-6-18(26)15-17/h2-6,8-15,20,26H,7H2,1H3/b14-11+. The van der Waals surface area contributed by atoms with Gasteiger partial charge in [0, 0.05) is 6.07 Å². The molecular formula is C23H20N2O3. The van der Waals surface area contributed by atoms with Crippen molar-refractivity contribution in [3.05, 3.63) is 84.1 Å². The third-order valence-corrected chi connectivity index (χ3v) is 4.75. The van der Waals surface area contributed by atoms with E-state index < -0.39 is 0 Å². The summed E-state index contributed by atoms with van der Waals surface area (Å²) in [5.74, 6) is 1.06. The van der Waals surface area contributed by atoms with Gasteiger partial charge in [0.15, 0.2) is 0 Å². The van der Waals surface area contributed by atoms with Gasteiger partial charge < -0.3 is 9.84 Å². The van der Waals surface area contributed by atoms with Gasteiger partial charge in [-0.15, -0.1) is 0 Å². The first-order valence-corrected chi connectivity index (χ1v) is 9.06. The van der Waals surface area contributed by atoms with Gasteiger partial charge in [-0.2, -0.15) is 0 Å². The number of hydrogen-bond acceptors (Lipinski definition) is 4. The fraction of sp³-hybridized carbons (Fsp3) is 0.130. The van der Waals surface area contributed by atoms with Crippen molar-refractivity contribution in [3.8, 4) is 11.5 Å². The number of phenolic OH excluding ortho intramolecular Hbond substituents is 1. The SMILES string of the molecule is COc1ccc(/C=C/C2=NC3=CC=CCC3C(=O)N2c2cccc(O)c2)cc1. The Kier molecular flexibility index (Phi) is 4.81. The molecule has 1 aliphatic heterocycles. The molecule has 1 N–H and O–H groups in total. The van der Waals surface area contributed by atoms with Crippen LogP contribution in [0.3, 0.4) is 0 Å². The number of carbonyl (C=O) groups is 1. The highest BCUT2D eigenvalue weighted by Gasteiger charge is 2.35. The van der Waals surface area contributed by atoms with E-state index in [1.54, 1.807) is 36.3 Å². The predicted molar refractivity (Wildman–Crippen MR) is 110 cm³/mol. The van der Waals surface area contributed by atoms with Crippen LogP contribution in [0.15, 0.2) is 83.5 Å². The zero-order valence-electron chi connectivity index (χ0n) is 15.4. The molecule has 5 nitrogen and oxygen atoms in total. The van der Waals surface area contributed by atoms with Gasteiger partial charge in [0.25, 0.3) is 0 Å². The Morgan fingerprint density at radius 1 is 1.18 bits per heavy atom. The molecule has 28 heavy (non-hydrogen) atoms. The Morgan fingerprint density at radius 2 is 2.00 bits per heavy atom. The minimum atomic E-state index is -0.300. The second-order valence-corrected chi connectivity index (χ2v) is 6.58. The molecule has 1 atom stereocenters. The van der Waals surface area contributed by atoms with Gasteiger partial charge in [-0.25, -0.2) is 4.99 Å². The van der Waals surface area contributed by atoms with Crippen molar-refractivity contribution in [3.63, 3.8) is 0 Å². The van der Waals surface area contributed by atoms with E-state index in [-0.39, 0.29) is 17.6 Å². The number of anilines is 1. The molecule has 4 rings (SSSR count). The van der Waals surface area contributed by atoms with Crippen LogP contribution in [0.5, 0.6) is 11.5 Å². The molecule has 1 amide bonds. The zero-order valence-corrected chi connectivity index (χ0v) is 15.4.